The Balaban J connectivity index is 2.34. The SMILES string of the molecule is CCCN1C(=O)CC(N)C1c1cc(C)nn1C. The average molecular weight is 236 g/mol. The van der Waals surface area contributed by atoms with Gasteiger partial charge in [-0.25, -0.2) is 0 Å². The zero-order valence-corrected chi connectivity index (χ0v) is 10.7. The van der Waals surface area contributed by atoms with E-state index in [1.807, 2.05) is 29.6 Å². The molecule has 2 atom stereocenters. The van der Waals surface area contributed by atoms with Crippen LogP contribution in [0.4, 0.5) is 0 Å². The lowest BCUT2D eigenvalue weighted by Gasteiger charge is -2.26. The number of rotatable bonds is 3. The second kappa shape index (κ2) is 4.49. The fraction of sp³-hybridized carbons (Fsp3) is 0.667. The summed E-state index contributed by atoms with van der Waals surface area (Å²) in [7, 11) is 1.90. The number of nitrogens with zero attached hydrogens (tertiary/aromatic N) is 3. The van der Waals surface area contributed by atoms with Gasteiger partial charge in [0.05, 0.1) is 17.4 Å². The first-order valence-electron chi connectivity index (χ1n) is 6.10. The Morgan fingerprint density at radius 3 is 2.82 bits per heavy atom. The Morgan fingerprint density at radius 2 is 2.29 bits per heavy atom. The van der Waals surface area contributed by atoms with Gasteiger partial charge in [-0.1, -0.05) is 6.92 Å². The summed E-state index contributed by atoms with van der Waals surface area (Å²) in [4.78, 5) is 13.8. The molecule has 0 aliphatic carbocycles. The fourth-order valence-electron chi connectivity index (χ4n) is 2.61. The summed E-state index contributed by atoms with van der Waals surface area (Å²) in [6.45, 7) is 4.79. The number of likely N-dealkylation sites (tertiary alicyclic amines) is 1. The van der Waals surface area contributed by atoms with Crippen molar-refractivity contribution in [2.75, 3.05) is 6.54 Å². The second-order valence-electron chi connectivity index (χ2n) is 4.73. The number of nitrogens with two attached hydrogens (primary N) is 1. The summed E-state index contributed by atoms with van der Waals surface area (Å²) < 4.78 is 1.83. The van der Waals surface area contributed by atoms with Crippen molar-refractivity contribution in [3.8, 4) is 0 Å². The minimum atomic E-state index is -0.121. The lowest BCUT2D eigenvalue weighted by Crippen LogP contribution is -2.34. The highest BCUT2D eigenvalue weighted by Gasteiger charge is 2.39. The predicted molar refractivity (Wildman–Crippen MR) is 65.3 cm³/mol. The Morgan fingerprint density at radius 1 is 1.59 bits per heavy atom. The molecule has 94 valence electrons. The van der Waals surface area contributed by atoms with E-state index in [0.29, 0.717) is 6.42 Å². The van der Waals surface area contributed by atoms with Crippen LogP contribution in [0.2, 0.25) is 0 Å². The maximum absolute atomic E-state index is 11.9. The van der Waals surface area contributed by atoms with Crippen LogP contribution >= 0.6 is 0 Å². The third-order valence-electron chi connectivity index (χ3n) is 3.28. The van der Waals surface area contributed by atoms with Gasteiger partial charge in [0.15, 0.2) is 0 Å². The van der Waals surface area contributed by atoms with Gasteiger partial charge < -0.3 is 10.6 Å². The summed E-state index contributed by atoms with van der Waals surface area (Å²) in [5, 5.41) is 4.33. The molecule has 0 saturated carbocycles. The molecule has 2 N–H and O–H groups in total. The van der Waals surface area contributed by atoms with Crippen LogP contribution in [0.5, 0.6) is 0 Å². The van der Waals surface area contributed by atoms with E-state index in [0.717, 1.165) is 24.4 Å². The number of carbonyl (C=O) groups is 1. The molecule has 0 radical (unpaired) electrons. The molecule has 2 heterocycles. The molecule has 5 heteroatoms. The molecule has 17 heavy (non-hydrogen) atoms. The number of aryl methyl sites for hydroxylation is 2. The van der Waals surface area contributed by atoms with E-state index in [2.05, 4.69) is 12.0 Å². The van der Waals surface area contributed by atoms with Crippen molar-refractivity contribution in [2.45, 2.75) is 38.8 Å². The number of hydrogen-bond donors (Lipinski definition) is 1. The Hall–Kier alpha value is -1.36. The Kier molecular flexibility index (Phi) is 3.19. The smallest absolute Gasteiger partial charge is 0.224 e. The van der Waals surface area contributed by atoms with Gasteiger partial charge in [0, 0.05) is 26.1 Å². The zero-order chi connectivity index (χ0) is 12.6. The van der Waals surface area contributed by atoms with E-state index in [4.69, 9.17) is 5.73 Å². The van der Waals surface area contributed by atoms with Crippen LogP contribution in [0.15, 0.2) is 6.07 Å². The average Bonchev–Trinajstić information content (AvgIpc) is 2.69. The first-order chi connectivity index (χ1) is 8.04. The molecule has 1 fully saturated rings. The molecular weight excluding hydrogens is 216 g/mol. The molecule has 1 amide bonds. The van der Waals surface area contributed by atoms with Crippen LogP contribution in [0, 0.1) is 6.92 Å². The number of hydrogen-bond acceptors (Lipinski definition) is 3. The van der Waals surface area contributed by atoms with E-state index in [9.17, 15) is 4.79 Å². The van der Waals surface area contributed by atoms with E-state index in [1.54, 1.807) is 0 Å². The highest BCUT2D eigenvalue weighted by Crippen LogP contribution is 2.32. The summed E-state index contributed by atoms with van der Waals surface area (Å²) in [6, 6.07) is 1.88. The molecule has 1 aliphatic heterocycles. The van der Waals surface area contributed by atoms with Gasteiger partial charge in [0.25, 0.3) is 0 Å². The zero-order valence-electron chi connectivity index (χ0n) is 10.7. The second-order valence-corrected chi connectivity index (χ2v) is 4.73. The van der Waals surface area contributed by atoms with Crippen LogP contribution in [0.1, 0.15) is 37.2 Å². The third kappa shape index (κ3) is 2.07. The monoisotopic (exact) mass is 236 g/mol. The highest BCUT2D eigenvalue weighted by molar-refractivity contribution is 5.80. The first kappa shape index (κ1) is 12.1. The molecule has 0 aromatic carbocycles. The third-order valence-corrected chi connectivity index (χ3v) is 3.28. The molecule has 0 spiro atoms. The van der Waals surface area contributed by atoms with Gasteiger partial charge in [-0.05, 0) is 19.4 Å². The molecule has 1 saturated heterocycles. The minimum absolute atomic E-state index is 0.0198. The molecule has 1 aliphatic rings. The summed E-state index contributed by atoms with van der Waals surface area (Å²) >= 11 is 0. The fourth-order valence-corrected chi connectivity index (χ4v) is 2.61. The van der Waals surface area contributed by atoms with Crippen molar-refractivity contribution in [3.05, 3.63) is 17.5 Å². The Bertz CT molecular complexity index is 426. The van der Waals surface area contributed by atoms with E-state index in [1.165, 1.54) is 0 Å². The molecule has 1 aromatic rings. The standard InChI is InChI=1S/C12H20N4O/c1-4-5-16-11(17)7-9(13)12(16)10-6-8(2)14-15(10)3/h6,9,12H,4-5,7,13H2,1-3H3. The van der Waals surface area contributed by atoms with Gasteiger partial charge >= 0.3 is 0 Å². The highest BCUT2D eigenvalue weighted by atomic mass is 16.2. The maximum Gasteiger partial charge on any atom is 0.224 e. The Labute approximate surface area is 102 Å². The summed E-state index contributed by atoms with van der Waals surface area (Å²) in [5.74, 6) is 0.156. The van der Waals surface area contributed by atoms with Gasteiger partial charge in [-0.3, -0.25) is 9.48 Å². The van der Waals surface area contributed by atoms with Gasteiger partial charge in [-0.2, -0.15) is 5.10 Å². The first-order valence-corrected chi connectivity index (χ1v) is 6.10. The van der Waals surface area contributed by atoms with Gasteiger partial charge in [0.1, 0.15) is 0 Å². The lowest BCUT2D eigenvalue weighted by atomic mass is 10.1. The van der Waals surface area contributed by atoms with Crippen LogP contribution in [0.25, 0.3) is 0 Å². The van der Waals surface area contributed by atoms with Crippen molar-refractivity contribution in [1.29, 1.82) is 0 Å². The minimum Gasteiger partial charge on any atom is -0.332 e. The summed E-state index contributed by atoms with van der Waals surface area (Å²) in [6.07, 6.45) is 1.39. The van der Waals surface area contributed by atoms with Crippen molar-refractivity contribution in [1.82, 2.24) is 14.7 Å². The quantitative estimate of drug-likeness (QED) is 0.842. The van der Waals surface area contributed by atoms with Crippen LogP contribution in [-0.4, -0.2) is 33.2 Å². The van der Waals surface area contributed by atoms with Crippen molar-refractivity contribution < 1.29 is 4.79 Å². The topological polar surface area (TPSA) is 64.2 Å². The van der Waals surface area contributed by atoms with Crippen LogP contribution in [-0.2, 0) is 11.8 Å². The van der Waals surface area contributed by atoms with Gasteiger partial charge in [0.2, 0.25) is 5.91 Å². The lowest BCUT2D eigenvalue weighted by molar-refractivity contribution is -0.129. The van der Waals surface area contributed by atoms with E-state index >= 15 is 0 Å². The summed E-state index contributed by atoms with van der Waals surface area (Å²) in [5.41, 5.74) is 8.10. The normalized spacial score (nSPS) is 24.7. The van der Waals surface area contributed by atoms with Crippen molar-refractivity contribution >= 4 is 5.91 Å². The predicted octanol–water partition coefficient (Wildman–Crippen LogP) is 0.739. The largest absolute Gasteiger partial charge is 0.332 e. The molecule has 5 nitrogen and oxygen atoms in total. The molecule has 0 bridgehead atoms. The van der Waals surface area contributed by atoms with Crippen molar-refractivity contribution in [2.24, 2.45) is 12.8 Å². The number of amides is 1. The molecular formula is C12H20N4O. The molecule has 2 rings (SSSR count). The van der Waals surface area contributed by atoms with Crippen molar-refractivity contribution in [3.63, 3.8) is 0 Å². The van der Waals surface area contributed by atoms with E-state index in [-0.39, 0.29) is 18.0 Å². The van der Waals surface area contributed by atoms with Gasteiger partial charge in [-0.15, -0.1) is 0 Å². The molecule has 2 unspecified atom stereocenters. The van der Waals surface area contributed by atoms with Crippen LogP contribution < -0.4 is 5.73 Å². The van der Waals surface area contributed by atoms with Crippen LogP contribution in [0.3, 0.4) is 0 Å². The van der Waals surface area contributed by atoms with E-state index < -0.39 is 0 Å². The molecule has 1 aromatic heterocycles. The number of aromatic nitrogens is 2. The number of carbonyl (C=O) groups excluding carboxylic acids is 1. The maximum atomic E-state index is 11.9.